The van der Waals surface area contributed by atoms with Crippen LogP contribution in [0.5, 0.6) is 0 Å². The second-order valence-electron chi connectivity index (χ2n) is 5.26. The summed E-state index contributed by atoms with van der Waals surface area (Å²) in [7, 11) is -3.59. The molecule has 1 atom stereocenters. The van der Waals surface area contributed by atoms with E-state index in [4.69, 9.17) is 9.84 Å². The number of piperidine rings is 1. The van der Waals surface area contributed by atoms with Crippen molar-refractivity contribution >= 4 is 16.0 Å². The van der Waals surface area contributed by atoms with Gasteiger partial charge in [-0.2, -0.15) is 4.31 Å². The lowest BCUT2D eigenvalue weighted by Crippen LogP contribution is -2.49. The van der Waals surface area contributed by atoms with Gasteiger partial charge in [-0.15, -0.1) is 0 Å². The Morgan fingerprint density at radius 1 is 1.27 bits per heavy atom. The van der Waals surface area contributed by atoms with Crippen LogP contribution in [0.25, 0.3) is 0 Å². The molecule has 1 saturated heterocycles. The van der Waals surface area contributed by atoms with Crippen molar-refractivity contribution in [2.45, 2.75) is 31.1 Å². The van der Waals surface area contributed by atoms with E-state index >= 15 is 0 Å². The summed E-state index contributed by atoms with van der Waals surface area (Å²) >= 11 is 0. The summed E-state index contributed by atoms with van der Waals surface area (Å²) in [6.45, 7) is -0.0504. The highest BCUT2D eigenvalue weighted by atomic mass is 32.2. The van der Waals surface area contributed by atoms with Gasteiger partial charge in [-0.1, -0.05) is 30.3 Å². The highest BCUT2D eigenvalue weighted by Gasteiger charge is 2.37. The topological polar surface area (TPSA) is 83.9 Å². The Hall–Kier alpha value is -1.44. The molecule has 1 aromatic carbocycles. The molecule has 2 rings (SSSR count). The van der Waals surface area contributed by atoms with Gasteiger partial charge in [-0.25, -0.2) is 8.42 Å². The fourth-order valence-corrected chi connectivity index (χ4v) is 4.35. The van der Waals surface area contributed by atoms with Crippen LogP contribution in [0.3, 0.4) is 0 Å². The minimum Gasteiger partial charge on any atom is -0.462 e. The number of sulfonamides is 1. The summed E-state index contributed by atoms with van der Waals surface area (Å²) < 4.78 is 31.4. The zero-order valence-corrected chi connectivity index (χ0v) is 13.2. The molecule has 0 bridgehead atoms. The third-order valence-electron chi connectivity index (χ3n) is 3.61. The van der Waals surface area contributed by atoms with Crippen molar-refractivity contribution in [3.63, 3.8) is 0 Å². The molecule has 1 fully saturated rings. The Kier molecular flexibility index (Phi) is 5.93. The summed E-state index contributed by atoms with van der Waals surface area (Å²) in [5.74, 6) is -0.706. The molecule has 1 aromatic rings. The number of ether oxygens (including phenoxy) is 1. The van der Waals surface area contributed by atoms with Gasteiger partial charge in [0.05, 0.1) is 12.4 Å². The van der Waals surface area contributed by atoms with Crippen LogP contribution in [0.2, 0.25) is 0 Å². The zero-order chi connectivity index (χ0) is 16.0. The summed E-state index contributed by atoms with van der Waals surface area (Å²) in [6, 6.07) is 8.11. The van der Waals surface area contributed by atoms with E-state index < -0.39 is 22.0 Å². The predicted molar refractivity (Wildman–Crippen MR) is 81.5 cm³/mol. The summed E-state index contributed by atoms with van der Waals surface area (Å²) in [4.78, 5) is 12.0. The second kappa shape index (κ2) is 7.71. The molecule has 1 N–H and O–H groups in total. The number of hydrogen-bond acceptors (Lipinski definition) is 5. The van der Waals surface area contributed by atoms with Crippen LogP contribution in [0.1, 0.15) is 24.8 Å². The molecule has 0 amide bonds. The third-order valence-corrected chi connectivity index (χ3v) is 5.46. The Bertz CT molecular complexity index is 587. The maximum absolute atomic E-state index is 12.6. The molecule has 0 aliphatic carbocycles. The van der Waals surface area contributed by atoms with Crippen molar-refractivity contribution in [2.24, 2.45) is 0 Å². The summed E-state index contributed by atoms with van der Waals surface area (Å²) in [6.07, 6.45) is 1.98. The van der Waals surface area contributed by atoms with Gasteiger partial charge in [0.25, 0.3) is 0 Å². The molecule has 0 saturated carbocycles. The standard InChI is InChI=1S/C15H21NO5S/c17-10-11-21-15(18)14-8-4-5-9-16(14)22(19,20)12-13-6-2-1-3-7-13/h1-3,6-7,14,17H,4-5,8-12H2. The summed E-state index contributed by atoms with van der Waals surface area (Å²) in [5.41, 5.74) is 0.690. The molecule has 1 aliphatic heterocycles. The predicted octanol–water partition coefficient (Wildman–Crippen LogP) is 0.906. The van der Waals surface area contributed by atoms with Gasteiger partial charge in [0.1, 0.15) is 12.6 Å². The smallest absolute Gasteiger partial charge is 0.324 e. The van der Waals surface area contributed by atoms with Gasteiger partial charge in [-0.05, 0) is 24.8 Å². The van der Waals surface area contributed by atoms with Crippen LogP contribution in [0, 0.1) is 0 Å². The van der Waals surface area contributed by atoms with Crippen molar-refractivity contribution in [1.29, 1.82) is 0 Å². The molecule has 0 spiro atoms. The minimum absolute atomic E-state index is 0.109. The van der Waals surface area contributed by atoms with E-state index in [0.717, 1.165) is 12.8 Å². The number of nitrogens with zero attached hydrogens (tertiary/aromatic N) is 1. The van der Waals surface area contributed by atoms with E-state index in [-0.39, 0.29) is 19.0 Å². The Labute approximate surface area is 130 Å². The average Bonchev–Trinajstić information content (AvgIpc) is 2.53. The first-order valence-corrected chi connectivity index (χ1v) is 8.96. The van der Waals surface area contributed by atoms with Crippen LogP contribution in [0.15, 0.2) is 30.3 Å². The molecule has 0 radical (unpaired) electrons. The number of carbonyl (C=O) groups is 1. The number of hydrogen-bond donors (Lipinski definition) is 1. The quantitative estimate of drug-likeness (QED) is 0.785. The number of benzene rings is 1. The Morgan fingerprint density at radius 2 is 2.00 bits per heavy atom. The fraction of sp³-hybridized carbons (Fsp3) is 0.533. The SMILES string of the molecule is O=C(OCCO)C1CCCCN1S(=O)(=O)Cc1ccccc1. The molecule has 1 unspecified atom stereocenters. The van der Waals surface area contributed by atoms with E-state index in [1.165, 1.54) is 4.31 Å². The first-order chi connectivity index (χ1) is 10.5. The lowest BCUT2D eigenvalue weighted by Gasteiger charge is -2.33. The number of rotatable bonds is 6. The lowest BCUT2D eigenvalue weighted by molar-refractivity contribution is -0.150. The van der Waals surface area contributed by atoms with Crippen LogP contribution in [-0.4, -0.2) is 49.6 Å². The first-order valence-electron chi connectivity index (χ1n) is 7.35. The Morgan fingerprint density at radius 3 is 2.68 bits per heavy atom. The average molecular weight is 327 g/mol. The van der Waals surface area contributed by atoms with Gasteiger partial charge in [-0.3, -0.25) is 4.79 Å². The van der Waals surface area contributed by atoms with Gasteiger partial charge >= 0.3 is 5.97 Å². The maximum Gasteiger partial charge on any atom is 0.324 e. The van der Waals surface area contributed by atoms with Crippen LogP contribution >= 0.6 is 0 Å². The highest BCUT2D eigenvalue weighted by molar-refractivity contribution is 7.88. The molecular weight excluding hydrogens is 306 g/mol. The van der Waals surface area contributed by atoms with Crippen LogP contribution in [-0.2, 0) is 25.3 Å². The molecule has 1 heterocycles. The number of aliphatic hydroxyl groups is 1. The van der Waals surface area contributed by atoms with Crippen molar-refractivity contribution < 1.29 is 23.1 Å². The van der Waals surface area contributed by atoms with Gasteiger partial charge in [0, 0.05) is 6.54 Å². The lowest BCUT2D eigenvalue weighted by atomic mass is 10.1. The van der Waals surface area contributed by atoms with E-state index in [2.05, 4.69) is 0 Å². The molecular formula is C15H21NO5S. The van der Waals surface area contributed by atoms with E-state index in [1.807, 2.05) is 6.07 Å². The van der Waals surface area contributed by atoms with Crippen LogP contribution < -0.4 is 0 Å². The van der Waals surface area contributed by atoms with Gasteiger partial charge < -0.3 is 9.84 Å². The summed E-state index contributed by atoms with van der Waals surface area (Å²) in [5, 5.41) is 8.73. The van der Waals surface area contributed by atoms with E-state index in [0.29, 0.717) is 18.5 Å². The maximum atomic E-state index is 12.6. The van der Waals surface area contributed by atoms with Crippen molar-refractivity contribution in [3.8, 4) is 0 Å². The molecule has 122 valence electrons. The molecule has 0 aromatic heterocycles. The van der Waals surface area contributed by atoms with Gasteiger partial charge in [0.15, 0.2) is 0 Å². The molecule has 1 aliphatic rings. The molecule has 22 heavy (non-hydrogen) atoms. The molecule has 7 heteroatoms. The Balaban J connectivity index is 2.13. The first kappa shape index (κ1) is 16.9. The fourth-order valence-electron chi connectivity index (χ4n) is 2.58. The molecule has 6 nitrogen and oxygen atoms in total. The zero-order valence-electron chi connectivity index (χ0n) is 12.3. The van der Waals surface area contributed by atoms with Crippen molar-refractivity contribution in [3.05, 3.63) is 35.9 Å². The van der Waals surface area contributed by atoms with Crippen LogP contribution in [0.4, 0.5) is 0 Å². The van der Waals surface area contributed by atoms with Gasteiger partial charge in [0.2, 0.25) is 10.0 Å². The number of carbonyl (C=O) groups excluding carboxylic acids is 1. The van der Waals surface area contributed by atoms with E-state index in [1.54, 1.807) is 24.3 Å². The largest absolute Gasteiger partial charge is 0.462 e. The highest BCUT2D eigenvalue weighted by Crippen LogP contribution is 2.23. The number of aliphatic hydroxyl groups excluding tert-OH is 1. The van der Waals surface area contributed by atoms with E-state index in [9.17, 15) is 13.2 Å². The number of esters is 1. The normalized spacial score (nSPS) is 19.8. The second-order valence-corrected chi connectivity index (χ2v) is 7.18. The van der Waals surface area contributed by atoms with Crippen molar-refractivity contribution in [1.82, 2.24) is 4.31 Å². The van der Waals surface area contributed by atoms with Crippen molar-refractivity contribution in [2.75, 3.05) is 19.8 Å². The minimum atomic E-state index is -3.59. The monoisotopic (exact) mass is 327 g/mol. The third kappa shape index (κ3) is 4.28.